The minimum absolute atomic E-state index is 0.267. The molecule has 2 amide bonds. The molecule has 150 valence electrons. The molecule has 0 spiro atoms. The lowest BCUT2D eigenvalue weighted by atomic mass is 10.1. The number of nitrogens with one attached hydrogen (secondary N) is 1. The van der Waals surface area contributed by atoms with Crippen LogP contribution in [0.5, 0.6) is 5.75 Å². The van der Waals surface area contributed by atoms with Crippen LogP contribution in [0.15, 0.2) is 54.6 Å². The molecule has 0 fully saturated rings. The molecule has 0 saturated heterocycles. The number of amides is 2. The van der Waals surface area contributed by atoms with Crippen molar-refractivity contribution in [3.63, 3.8) is 0 Å². The molecule has 0 aliphatic rings. The molecular weight excluding hydrogens is 356 g/mol. The van der Waals surface area contributed by atoms with E-state index >= 15 is 0 Å². The zero-order valence-corrected chi connectivity index (χ0v) is 17.1. The molecule has 2 rings (SSSR count). The Kier molecular flexibility index (Phi) is 7.04. The lowest BCUT2D eigenvalue weighted by molar-refractivity contribution is -0.122. The molecule has 0 bridgehead atoms. The number of rotatable bonds is 6. The number of carbonyl (C=O) groups is 2. The van der Waals surface area contributed by atoms with Crippen molar-refractivity contribution in [1.29, 1.82) is 0 Å². The number of ether oxygens (including phenoxy) is 2. The second-order valence-corrected chi connectivity index (χ2v) is 7.56. The van der Waals surface area contributed by atoms with Gasteiger partial charge in [0.15, 0.2) is 6.10 Å². The quantitative estimate of drug-likeness (QED) is 0.798. The van der Waals surface area contributed by atoms with E-state index in [1.165, 1.54) is 4.90 Å². The van der Waals surface area contributed by atoms with Crippen molar-refractivity contribution in [1.82, 2.24) is 4.90 Å². The first kappa shape index (κ1) is 21.3. The smallest absolute Gasteiger partial charge is 0.410 e. The molecule has 0 heterocycles. The fourth-order valence-corrected chi connectivity index (χ4v) is 2.43. The average Bonchev–Trinajstić information content (AvgIpc) is 2.62. The molecule has 6 heteroatoms. The number of para-hydroxylation sites is 2. The fourth-order valence-electron chi connectivity index (χ4n) is 2.43. The van der Waals surface area contributed by atoms with Gasteiger partial charge in [-0.1, -0.05) is 36.4 Å². The van der Waals surface area contributed by atoms with Crippen molar-refractivity contribution in [2.75, 3.05) is 12.4 Å². The van der Waals surface area contributed by atoms with E-state index in [0.29, 0.717) is 18.0 Å². The summed E-state index contributed by atoms with van der Waals surface area (Å²) in [6, 6.07) is 16.5. The highest BCUT2D eigenvalue weighted by molar-refractivity contribution is 5.94. The second kappa shape index (κ2) is 9.26. The number of anilines is 1. The van der Waals surface area contributed by atoms with Crippen molar-refractivity contribution in [3.05, 3.63) is 60.2 Å². The first-order valence-electron chi connectivity index (χ1n) is 9.20. The van der Waals surface area contributed by atoms with Crippen molar-refractivity contribution < 1.29 is 19.1 Å². The number of carbonyl (C=O) groups excluding carboxylic acids is 2. The Morgan fingerprint density at radius 3 is 2.29 bits per heavy atom. The van der Waals surface area contributed by atoms with Gasteiger partial charge >= 0.3 is 6.09 Å². The van der Waals surface area contributed by atoms with Crippen LogP contribution in [0.1, 0.15) is 33.3 Å². The van der Waals surface area contributed by atoms with Crippen LogP contribution in [0, 0.1) is 0 Å². The molecular formula is C22H28N2O4. The molecule has 0 aliphatic heterocycles. The minimum atomic E-state index is -0.668. The normalized spacial score (nSPS) is 12.0. The van der Waals surface area contributed by atoms with Crippen LogP contribution in [0.3, 0.4) is 0 Å². The van der Waals surface area contributed by atoms with Gasteiger partial charge in [-0.05, 0) is 51.5 Å². The molecule has 0 aliphatic carbocycles. The first-order valence-corrected chi connectivity index (χ1v) is 9.20. The Morgan fingerprint density at radius 2 is 1.64 bits per heavy atom. The Labute approximate surface area is 166 Å². The summed E-state index contributed by atoms with van der Waals surface area (Å²) >= 11 is 0. The second-order valence-electron chi connectivity index (χ2n) is 7.56. The van der Waals surface area contributed by atoms with Crippen LogP contribution in [-0.4, -0.2) is 35.7 Å². The minimum Gasteiger partial charge on any atom is -0.481 e. The van der Waals surface area contributed by atoms with Gasteiger partial charge in [-0.25, -0.2) is 4.79 Å². The van der Waals surface area contributed by atoms with Crippen LogP contribution in [-0.2, 0) is 16.1 Å². The van der Waals surface area contributed by atoms with Crippen LogP contribution in [0.25, 0.3) is 0 Å². The van der Waals surface area contributed by atoms with E-state index in [4.69, 9.17) is 9.47 Å². The van der Waals surface area contributed by atoms with Gasteiger partial charge in [-0.15, -0.1) is 0 Å². The molecule has 0 aromatic heterocycles. The molecule has 1 N–H and O–H groups in total. The van der Waals surface area contributed by atoms with Crippen LogP contribution in [0.2, 0.25) is 0 Å². The number of nitrogens with zero attached hydrogens (tertiary/aromatic N) is 1. The lowest BCUT2D eigenvalue weighted by Crippen LogP contribution is -2.34. The zero-order chi connectivity index (χ0) is 20.7. The molecule has 1 atom stereocenters. The van der Waals surface area contributed by atoms with Crippen LogP contribution >= 0.6 is 0 Å². The average molecular weight is 384 g/mol. The maximum atomic E-state index is 12.5. The molecule has 1 unspecified atom stereocenters. The molecule has 6 nitrogen and oxygen atoms in total. The summed E-state index contributed by atoms with van der Waals surface area (Å²) in [4.78, 5) is 26.2. The van der Waals surface area contributed by atoms with E-state index in [2.05, 4.69) is 5.32 Å². The van der Waals surface area contributed by atoms with Crippen LogP contribution in [0.4, 0.5) is 10.5 Å². The maximum Gasteiger partial charge on any atom is 0.410 e. The summed E-state index contributed by atoms with van der Waals surface area (Å²) in [5.74, 6) is 0.360. The third kappa shape index (κ3) is 6.61. The van der Waals surface area contributed by atoms with E-state index in [0.717, 1.165) is 5.56 Å². The van der Waals surface area contributed by atoms with Gasteiger partial charge in [0.2, 0.25) is 0 Å². The molecule has 2 aromatic rings. The molecule has 2 aromatic carbocycles. The summed E-state index contributed by atoms with van der Waals surface area (Å²) in [5.41, 5.74) is 0.867. The predicted molar refractivity (Wildman–Crippen MR) is 109 cm³/mol. The highest BCUT2D eigenvalue weighted by Gasteiger charge is 2.21. The molecule has 28 heavy (non-hydrogen) atoms. The zero-order valence-electron chi connectivity index (χ0n) is 17.1. The van der Waals surface area contributed by atoms with Gasteiger partial charge in [0.05, 0.1) is 6.54 Å². The Hall–Kier alpha value is -3.02. The summed E-state index contributed by atoms with van der Waals surface area (Å²) in [6.45, 7) is 7.46. The van der Waals surface area contributed by atoms with E-state index in [1.807, 2.05) is 57.2 Å². The van der Waals surface area contributed by atoms with Gasteiger partial charge in [-0.3, -0.25) is 4.79 Å². The van der Waals surface area contributed by atoms with Gasteiger partial charge in [0.1, 0.15) is 11.4 Å². The van der Waals surface area contributed by atoms with Crippen molar-refractivity contribution >= 4 is 17.7 Å². The molecule has 0 saturated carbocycles. The highest BCUT2D eigenvalue weighted by atomic mass is 16.6. The maximum absolute atomic E-state index is 12.5. The van der Waals surface area contributed by atoms with E-state index < -0.39 is 17.8 Å². The SMILES string of the molecule is CC(Oc1ccccc1)C(=O)Nc1ccccc1CN(C)C(=O)OC(C)(C)C. The highest BCUT2D eigenvalue weighted by Crippen LogP contribution is 2.19. The van der Waals surface area contributed by atoms with Crippen molar-refractivity contribution in [2.24, 2.45) is 0 Å². The van der Waals surface area contributed by atoms with E-state index in [-0.39, 0.29) is 5.91 Å². The fraction of sp³-hybridized carbons (Fsp3) is 0.364. The number of hydrogen-bond acceptors (Lipinski definition) is 4. The molecule has 0 radical (unpaired) electrons. The Balaban J connectivity index is 2.02. The Morgan fingerprint density at radius 1 is 1.04 bits per heavy atom. The van der Waals surface area contributed by atoms with Crippen LogP contribution < -0.4 is 10.1 Å². The van der Waals surface area contributed by atoms with E-state index in [1.54, 1.807) is 32.2 Å². The predicted octanol–water partition coefficient (Wildman–Crippen LogP) is 4.46. The van der Waals surface area contributed by atoms with Gasteiger partial charge in [0.25, 0.3) is 5.91 Å². The summed E-state index contributed by atoms with van der Waals surface area (Å²) < 4.78 is 11.0. The van der Waals surface area contributed by atoms with Gasteiger partial charge in [-0.2, -0.15) is 0 Å². The largest absolute Gasteiger partial charge is 0.481 e. The number of benzene rings is 2. The summed E-state index contributed by atoms with van der Waals surface area (Å²) in [7, 11) is 1.66. The van der Waals surface area contributed by atoms with Crippen molar-refractivity contribution in [3.8, 4) is 5.75 Å². The van der Waals surface area contributed by atoms with Crippen molar-refractivity contribution in [2.45, 2.75) is 45.9 Å². The first-order chi connectivity index (χ1) is 13.2. The summed E-state index contributed by atoms with van der Waals surface area (Å²) in [6.07, 6.45) is -1.09. The monoisotopic (exact) mass is 384 g/mol. The topological polar surface area (TPSA) is 67.9 Å². The van der Waals surface area contributed by atoms with Gasteiger partial charge in [0, 0.05) is 12.7 Å². The number of hydrogen-bond donors (Lipinski definition) is 1. The Bertz CT molecular complexity index is 800. The lowest BCUT2D eigenvalue weighted by Gasteiger charge is -2.25. The standard InChI is InChI=1S/C22H28N2O4/c1-16(27-18-12-7-6-8-13-18)20(25)23-19-14-10-9-11-17(19)15-24(5)21(26)28-22(2,3)4/h6-14,16H,15H2,1-5H3,(H,23,25). The van der Waals surface area contributed by atoms with E-state index in [9.17, 15) is 9.59 Å². The summed E-state index contributed by atoms with van der Waals surface area (Å²) in [5, 5.41) is 2.88. The van der Waals surface area contributed by atoms with Gasteiger partial charge < -0.3 is 19.7 Å². The third-order valence-corrected chi connectivity index (χ3v) is 3.81. The third-order valence-electron chi connectivity index (χ3n) is 3.81.